The van der Waals surface area contributed by atoms with Gasteiger partial charge in [-0.2, -0.15) is 0 Å². The minimum atomic E-state index is -0.0437. The van der Waals surface area contributed by atoms with Crippen LogP contribution in [0.2, 0.25) is 0 Å². The Bertz CT molecular complexity index is 728. The first-order valence-electron chi connectivity index (χ1n) is 8.21. The van der Waals surface area contributed by atoms with Crippen LogP contribution in [-0.2, 0) is 16.0 Å². The van der Waals surface area contributed by atoms with Gasteiger partial charge in [0.05, 0.1) is 38.1 Å². The van der Waals surface area contributed by atoms with Crippen LogP contribution >= 0.6 is 15.9 Å². The molecule has 1 aliphatic rings. The summed E-state index contributed by atoms with van der Waals surface area (Å²) >= 11 is 3.48. The van der Waals surface area contributed by atoms with Crippen LogP contribution < -0.4 is 15.0 Å². The van der Waals surface area contributed by atoms with Gasteiger partial charge in [0.15, 0.2) is 0 Å². The molecule has 0 unspecified atom stereocenters. The average Bonchev–Trinajstić information content (AvgIpc) is 2.63. The monoisotopic (exact) mass is 404 g/mol. The predicted octanol–water partition coefficient (Wildman–Crippen LogP) is 3.48. The molecular weight excluding hydrogens is 384 g/mol. The normalized spacial score (nSPS) is 14.2. The molecule has 3 rings (SSSR count). The zero-order valence-electron chi connectivity index (χ0n) is 14.1. The van der Waals surface area contributed by atoms with E-state index in [-0.39, 0.29) is 5.91 Å². The summed E-state index contributed by atoms with van der Waals surface area (Å²) in [5, 5.41) is 3.04. The van der Waals surface area contributed by atoms with E-state index in [0.29, 0.717) is 19.6 Å². The highest BCUT2D eigenvalue weighted by Crippen LogP contribution is 2.30. The van der Waals surface area contributed by atoms with Crippen LogP contribution in [0.5, 0.6) is 5.75 Å². The number of nitrogens with one attached hydrogen (secondary N) is 1. The number of anilines is 2. The van der Waals surface area contributed by atoms with Crippen LogP contribution in [0.15, 0.2) is 46.9 Å². The fraction of sp³-hybridized carbons (Fsp3) is 0.316. The number of hydrogen-bond acceptors (Lipinski definition) is 4. The van der Waals surface area contributed by atoms with E-state index in [9.17, 15) is 4.79 Å². The third kappa shape index (κ3) is 4.74. The van der Waals surface area contributed by atoms with Gasteiger partial charge in [0, 0.05) is 17.6 Å². The summed E-state index contributed by atoms with van der Waals surface area (Å²) in [6.45, 7) is 3.05. The van der Waals surface area contributed by atoms with E-state index in [4.69, 9.17) is 9.47 Å². The van der Waals surface area contributed by atoms with Crippen molar-refractivity contribution in [1.29, 1.82) is 0 Å². The second kappa shape index (κ2) is 8.36. The van der Waals surface area contributed by atoms with Gasteiger partial charge in [-0.15, -0.1) is 0 Å². The topological polar surface area (TPSA) is 50.8 Å². The number of rotatable bonds is 5. The Hall–Kier alpha value is -2.05. The molecule has 6 heteroatoms. The quantitative estimate of drug-likeness (QED) is 0.828. The summed E-state index contributed by atoms with van der Waals surface area (Å²) in [4.78, 5) is 14.7. The minimum absolute atomic E-state index is 0.0437. The largest absolute Gasteiger partial charge is 0.497 e. The molecule has 1 saturated heterocycles. The number of amides is 1. The third-order valence-electron chi connectivity index (χ3n) is 4.11. The van der Waals surface area contributed by atoms with E-state index in [1.807, 2.05) is 42.5 Å². The summed E-state index contributed by atoms with van der Waals surface area (Å²) in [6, 6.07) is 13.5. The Morgan fingerprint density at radius 1 is 1.20 bits per heavy atom. The van der Waals surface area contributed by atoms with Crippen molar-refractivity contribution >= 4 is 33.2 Å². The summed E-state index contributed by atoms with van der Waals surface area (Å²) < 4.78 is 11.5. The van der Waals surface area contributed by atoms with Crippen molar-refractivity contribution < 1.29 is 14.3 Å². The van der Waals surface area contributed by atoms with Crippen molar-refractivity contribution in [2.24, 2.45) is 0 Å². The highest BCUT2D eigenvalue weighted by molar-refractivity contribution is 9.10. The van der Waals surface area contributed by atoms with Crippen LogP contribution in [0.1, 0.15) is 5.56 Å². The van der Waals surface area contributed by atoms with Gasteiger partial charge in [-0.1, -0.05) is 28.1 Å². The van der Waals surface area contributed by atoms with Crippen molar-refractivity contribution in [3.05, 3.63) is 52.5 Å². The lowest BCUT2D eigenvalue weighted by atomic mass is 10.1. The summed E-state index contributed by atoms with van der Waals surface area (Å²) in [6.07, 6.45) is 0.319. The lowest BCUT2D eigenvalue weighted by Gasteiger charge is -2.30. The standard InChI is InChI=1S/C19H21BrN2O3/c1-24-16-5-2-14(3-6-16)12-19(23)21-17-13-15(20)4-7-18(17)22-8-10-25-11-9-22/h2-7,13H,8-12H2,1H3,(H,21,23). The van der Waals surface area contributed by atoms with Gasteiger partial charge < -0.3 is 19.7 Å². The van der Waals surface area contributed by atoms with Gasteiger partial charge in [0.2, 0.25) is 5.91 Å². The van der Waals surface area contributed by atoms with E-state index < -0.39 is 0 Å². The Morgan fingerprint density at radius 2 is 1.92 bits per heavy atom. The van der Waals surface area contributed by atoms with Crippen LogP contribution in [0.3, 0.4) is 0 Å². The van der Waals surface area contributed by atoms with Gasteiger partial charge in [-0.3, -0.25) is 4.79 Å². The second-order valence-corrected chi connectivity index (χ2v) is 6.75. The highest BCUT2D eigenvalue weighted by atomic mass is 79.9. The molecule has 0 saturated carbocycles. The number of nitrogens with zero attached hydrogens (tertiary/aromatic N) is 1. The summed E-state index contributed by atoms with van der Waals surface area (Å²) in [5.74, 6) is 0.739. The van der Waals surface area contributed by atoms with E-state index in [1.54, 1.807) is 7.11 Å². The molecule has 25 heavy (non-hydrogen) atoms. The maximum Gasteiger partial charge on any atom is 0.228 e. The van der Waals surface area contributed by atoms with Crippen LogP contribution in [-0.4, -0.2) is 39.3 Å². The Kier molecular flexibility index (Phi) is 5.94. The van der Waals surface area contributed by atoms with Gasteiger partial charge in [0.25, 0.3) is 0 Å². The lowest BCUT2D eigenvalue weighted by molar-refractivity contribution is -0.115. The van der Waals surface area contributed by atoms with Gasteiger partial charge in [0.1, 0.15) is 5.75 Å². The number of benzene rings is 2. The average molecular weight is 405 g/mol. The molecule has 1 fully saturated rings. The number of carbonyl (C=O) groups excluding carboxylic acids is 1. The van der Waals surface area contributed by atoms with E-state index in [0.717, 1.165) is 40.2 Å². The molecule has 2 aromatic rings. The number of ether oxygens (including phenoxy) is 2. The summed E-state index contributed by atoms with van der Waals surface area (Å²) in [7, 11) is 1.63. The van der Waals surface area contributed by atoms with Crippen LogP contribution in [0, 0.1) is 0 Å². The second-order valence-electron chi connectivity index (χ2n) is 5.83. The molecule has 0 aliphatic carbocycles. The first-order chi connectivity index (χ1) is 12.2. The third-order valence-corrected chi connectivity index (χ3v) is 4.60. The molecule has 0 spiro atoms. The number of methoxy groups -OCH3 is 1. The zero-order chi connectivity index (χ0) is 17.6. The molecule has 132 valence electrons. The number of halogens is 1. The maximum absolute atomic E-state index is 12.5. The number of hydrogen-bond donors (Lipinski definition) is 1. The Balaban J connectivity index is 1.72. The lowest BCUT2D eigenvalue weighted by Crippen LogP contribution is -2.36. The first-order valence-corrected chi connectivity index (χ1v) is 9.00. The van der Waals surface area contributed by atoms with E-state index in [1.165, 1.54) is 0 Å². The molecule has 0 radical (unpaired) electrons. The molecular formula is C19H21BrN2O3. The molecule has 1 aliphatic heterocycles. The van der Waals surface area contributed by atoms with Gasteiger partial charge in [-0.25, -0.2) is 0 Å². The first kappa shape index (κ1) is 17.8. The van der Waals surface area contributed by atoms with Crippen molar-refractivity contribution in [1.82, 2.24) is 0 Å². The van der Waals surface area contributed by atoms with E-state index >= 15 is 0 Å². The van der Waals surface area contributed by atoms with Crippen LogP contribution in [0.25, 0.3) is 0 Å². The maximum atomic E-state index is 12.5. The number of morpholine rings is 1. The molecule has 1 heterocycles. The fourth-order valence-electron chi connectivity index (χ4n) is 2.81. The number of carbonyl (C=O) groups is 1. The molecule has 1 N–H and O–H groups in total. The van der Waals surface area contributed by atoms with Crippen LogP contribution in [0.4, 0.5) is 11.4 Å². The molecule has 2 aromatic carbocycles. The highest BCUT2D eigenvalue weighted by Gasteiger charge is 2.16. The predicted molar refractivity (Wildman–Crippen MR) is 103 cm³/mol. The zero-order valence-corrected chi connectivity index (χ0v) is 15.7. The summed E-state index contributed by atoms with van der Waals surface area (Å²) in [5.41, 5.74) is 2.78. The molecule has 5 nitrogen and oxygen atoms in total. The molecule has 1 amide bonds. The van der Waals surface area contributed by atoms with Crippen molar-refractivity contribution in [2.45, 2.75) is 6.42 Å². The van der Waals surface area contributed by atoms with Gasteiger partial charge >= 0.3 is 0 Å². The molecule has 0 aromatic heterocycles. The van der Waals surface area contributed by atoms with Crippen molar-refractivity contribution in [3.8, 4) is 5.75 Å². The molecule has 0 atom stereocenters. The Morgan fingerprint density at radius 3 is 2.60 bits per heavy atom. The SMILES string of the molecule is COc1ccc(CC(=O)Nc2cc(Br)ccc2N2CCOCC2)cc1. The van der Waals surface area contributed by atoms with Crippen molar-refractivity contribution in [2.75, 3.05) is 43.6 Å². The smallest absolute Gasteiger partial charge is 0.228 e. The Labute approximate surface area is 156 Å². The van der Waals surface area contributed by atoms with E-state index in [2.05, 4.69) is 26.1 Å². The van der Waals surface area contributed by atoms with Crippen molar-refractivity contribution in [3.63, 3.8) is 0 Å². The van der Waals surface area contributed by atoms with Gasteiger partial charge in [-0.05, 0) is 35.9 Å². The fourth-order valence-corrected chi connectivity index (χ4v) is 3.17. The molecule has 0 bridgehead atoms. The minimum Gasteiger partial charge on any atom is -0.497 e.